The maximum absolute atomic E-state index is 3.57. The summed E-state index contributed by atoms with van der Waals surface area (Å²) in [5.41, 5.74) is 0. The lowest BCUT2D eigenvalue weighted by Crippen LogP contribution is -2.26. The van der Waals surface area contributed by atoms with Crippen molar-refractivity contribution in [1.82, 2.24) is 5.32 Å². The molecule has 10 heavy (non-hydrogen) atoms. The molecule has 1 heteroatoms. The smallest absolute Gasteiger partial charge is 0.00726 e. The summed E-state index contributed by atoms with van der Waals surface area (Å²) in [6.07, 6.45) is 1.32. The molecule has 0 aliphatic carbocycles. The van der Waals surface area contributed by atoms with Crippen molar-refractivity contribution < 1.29 is 0 Å². The van der Waals surface area contributed by atoms with Crippen LogP contribution in [0.4, 0.5) is 0 Å². The van der Waals surface area contributed by atoms with Crippen molar-refractivity contribution in [3.8, 4) is 0 Å². The van der Waals surface area contributed by atoms with Crippen LogP contribution in [0.3, 0.4) is 0 Å². The quantitative estimate of drug-likeness (QED) is 0.589. The van der Waals surface area contributed by atoms with E-state index >= 15 is 0 Å². The van der Waals surface area contributed by atoms with E-state index in [1.807, 2.05) is 0 Å². The highest BCUT2D eigenvalue weighted by molar-refractivity contribution is 4.90. The summed E-state index contributed by atoms with van der Waals surface area (Å²) in [5.74, 6) is 1.76. The van der Waals surface area contributed by atoms with Gasteiger partial charge in [0.1, 0.15) is 0 Å². The van der Waals surface area contributed by atoms with E-state index in [1.165, 1.54) is 6.42 Å². The molecule has 0 radical (unpaired) electrons. The Bertz CT molecular complexity index is 111. The molecule has 1 rings (SSSR count). The van der Waals surface area contributed by atoms with Gasteiger partial charge in [-0.05, 0) is 25.7 Å². The topological polar surface area (TPSA) is 12.0 Å². The monoisotopic (exact) mass is 141 g/mol. The Morgan fingerprint density at radius 3 is 1.90 bits per heavy atom. The van der Waals surface area contributed by atoms with Gasteiger partial charge >= 0.3 is 0 Å². The molecule has 0 aromatic rings. The first-order valence-corrected chi connectivity index (χ1v) is 4.42. The van der Waals surface area contributed by atoms with Crippen LogP contribution < -0.4 is 5.32 Å². The fourth-order valence-electron chi connectivity index (χ4n) is 2.24. The molecule has 1 N–H and O–H groups in total. The van der Waals surface area contributed by atoms with Crippen molar-refractivity contribution in [3.63, 3.8) is 0 Å². The van der Waals surface area contributed by atoms with Gasteiger partial charge in [-0.1, -0.05) is 20.3 Å². The van der Waals surface area contributed by atoms with Crippen molar-refractivity contribution in [2.24, 2.45) is 11.8 Å². The summed E-state index contributed by atoms with van der Waals surface area (Å²) in [5, 5.41) is 3.57. The lowest BCUT2D eigenvalue weighted by Gasteiger charge is -2.16. The Morgan fingerprint density at radius 2 is 1.70 bits per heavy atom. The lowest BCUT2D eigenvalue weighted by atomic mass is 9.88. The first-order valence-electron chi connectivity index (χ1n) is 4.42. The van der Waals surface area contributed by atoms with Gasteiger partial charge in [-0.25, -0.2) is 0 Å². The molecule has 1 nitrogen and oxygen atoms in total. The Kier molecular flexibility index (Phi) is 2.35. The van der Waals surface area contributed by atoms with E-state index < -0.39 is 0 Å². The second-order valence-corrected chi connectivity index (χ2v) is 3.68. The van der Waals surface area contributed by atoms with Gasteiger partial charge in [0.2, 0.25) is 0 Å². The van der Waals surface area contributed by atoms with Gasteiger partial charge < -0.3 is 5.32 Å². The summed E-state index contributed by atoms with van der Waals surface area (Å²) >= 11 is 0. The fraction of sp³-hybridized carbons (Fsp3) is 1.00. The highest BCUT2D eigenvalue weighted by Crippen LogP contribution is 2.28. The molecule has 0 amide bonds. The van der Waals surface area contributed by atoms with E-state index in [4.69, 9.17) is 0 Å². The molecule has 1 aliphatic rings. The molecular weight excluding hydrogens is 122 g/mol. The van der Waals surface area contributed by atoms with Gasteiger partial charge in [-0.15, -0.1) is 0 Å². The predicted octanol–water partition coefficient (Wildman–Crippen LogP) is 2.03. The molecule has 0 spiro atoms. The molecule has 1 heterocycles. The van der Waals surface area contributed by atoms with Crippen molar-refractivity contribution in [2.45, 2.75) is 46.2 Å². The first-order chi connectivity index (χ1) is 4.66. The molecular formula is C9H19N. The average molecular weight is 141 g/mol. The Hall–Kier alpha value is -0.0400. The van der Waals surface area contributed by atoms with Crippen molar-refractivity contribution >= 4 is 0 Å². The van der Waals surface area contributed by atoms with Crippen LogP contribution in [0.2, 0.25) is 0 Å². The van der Waals surface area contributed by atoms with Gasteiger partial charge in [-0.3, -0.25) is 0 Å². The summed E-state index contributed by atoms with van der Waals surface area (Å²) in [7, 11) is 0. The highest BCUT2D eigenvalue weighted by Gasteiger charge is 2.33. The summed E-state index contributed by atoms with van der Waals surface area (Å²) < 4.78 is 0. The van der Waals surface area contributed by atoms with Gasteiger partial charge in [0.15, 0.2) is 0 Å². The van der Waals surface area contributed by atoms with Gasteiger partial charge in [-0.2, -0.15) is 0 Å². The maximum atomic E-state index is 3.57. The summed E-state index contributed by atoms with van der Waals surface area (Å²) in [6, 6.07) is 1.45. The molecule has 60 valence electrons. The van der Waals surface area contributed by atoms with Crippen LogP contribution in [0, 0.1) is 11.8 Å². The fourth-order valence-corrected chi connectivity index (χ4v) is 2.24. The van der Waals surface area contributed by atoms with E-state index in [0.717, 1.165) is 23.9 Å². The first kappa shape index (κ1) is 8.06. The summed E-state index contributed by atoms with van der Waals surface area (Å²) in [4.78, 5) is 0. The lowest BCUT2D eigenvalue weighted by molar-refractivity contribution is 0.369. The van der Waals surface area contributed by atoms with E-state index in [0.29, 0.717) is 0 Å². The highest BCUT2D eigenvalue weighted by atomic mass is 15.0. The van der Waals surface area contributed by atoms with E-state index in [2.05, 4.69) is 33.0 Å². The standard InChI is InChI=1S/C9H19N/c1-5-9-6(2)7(3)10-8(9)4/h6-10H,5H2,1-4H3/t6-,7+,8?,9?/m1/s1. The Balaban J connectivity index is 2.55. The third-order valence-electron chi connectivity index (χ3n) is 3.10. The number of rotatable bonds is 1. The minimum absolute atomic E-state index is 0.722. The molecule has 0 saturated carbocycles. The minimum atomic E-state index is 0.722. The van der Waals surface area contributed by atoms with E-state index in [-0.39, 0.29) is 0 Å². The predicted molar refractivity (Wildman–Crippen MR) is 45.0 cm³/mol. The molecule has 1 saturated heterocycles. The SMILES string of the molecule is CCC1C(C)N[C@@H](C)[C@H]1C. The third-order valence-corrected chi connectivity index (χ3v) is 3.10. The zero-order valence-corrected chi connectivity index (χ0v) is 7.52. The van der Waals surface area contributed by atoms with Crippen molar-refractivity contribution in [3.05, 3.63) is 0 Å². The molecule has 0 bridgehead atoms. The number of hydrogen-bond acceptors (Lipinski definition) is 1. The molecule has 0 aromatic carbocycles. The van der Waals surface area contributed by atoms with Gasteiger partial charge in [0, 0.05) is 12.1 Å². The molecule has 2 unspecified atom stereocenters. The molecule has 0 aromatic heterocycles. The van der Waals surface area contributed by atoms with Gasteiger partial charge in [0.25, 0.3) is 0 Å². The van der Waals surface area contributed by atoms with Crippen LogP contribution >= 0.6 is 0 Å². The van der Waals surface area contributed by atoms with Gasteiger partial charge in [0.05, 0.1) is 0 Å². The minimum Gasteiger partial charge on any atom is -0.311 e. The van der Waals surface area contributed by atoms with Crippen LogP contribution in [0.1, 0.15) is 34.1 Å². The number of nitrogens with one attached hydrogen (secondary N) is 1. The van der Waals surface area contributed by atoms with Crippen LogP contribution in [0.25, 0.3) is 0 Å². The normalized spacial score (nSPS) is 48.0. The second-order valence-electron chi connectivity index (χ2n) is 3.68. The third kappa shape index (κ3) is 1.20. The largest absolute Gasteiger partial charge is 0.311 e. The number of hydrogen-bond donors (Lipinski definition) is 1. The zero-order chi connectivity index (χ0) is 7.72. The van der Waals surface area contributed by atoms with Crippen LogP contribution in [0.5, 0.6) is 0 Å². The van der Waals surface area contributed by atoms with Crippen molar-refractivity contribution in [2.75, 3.05) is 0 Å². The van der Waals surface area contributed by atoms with E-state index in [9.17, 15) is 0 Å². The van der Waals surface area contributed by atoms with Crippen LogP contribution in [-0.4, -0.2) is 12.1 Å². The molecule has 4 atom stereocenters. The van der Waals surface area contributed by atoms with E-state index in [1.54, 1.807) is 0 Å². The van der Waals surface area contributed by atoms with Crippen LogP contribution in [-0.2, 0) is 0 Å². The average Bonchev–Trinajstić information content (AvgIpc) is 2.09. The Morgan fingerprint density at radius 1 is 1.10 bits per heavy atom. The second kappa shape index (κ2) is 2.91. The Labute approximate surface area is 64.2 Å². The maximum Gasteiger partial charge on any atom is 0.00726 e. The zero-order valence-electron chi connectivity index (χ0n) is 7.52. The van der Waals surface area contributed by atoms with Crippen LogP contribution in [0.15, 0.2) is 0 Å². The van der Waals surface area contributed by atoms with Crippen molar-refractivity contribution in [1.29, 1.82) is 0 Å². The summed E-state index contributed by atoms with van der Waals surface area (Å²) in [6.45, 7) is 9.23. The molecule has 1 aliphatic heterocycles. The molecule has 1 fully saturated rings.